The minimum absolute atomic E-state index is 0.00967. The van der Waals surface area contributed by atoms with Gasteiger partial charge in [0.25, 0.3) is 5.19 Å². The number of aryl methyl sites for hydroxylation is 3. The first-order valence-corrected chi connectivity index (χ1v) is 12.8. The lowest BCUT2D eigenvalue weighted by atomic mass is 10.1. The third-order valence-electron chi connectivity index (χ3n) is 5.69. The first kappa shape index (κ1) is 21.3. The molecule has 1 aromatic heterocycles. The van der Waals surface area contributed by atoms with E-state index >= 15 is 0 Å². The lowest BCUT2D eigenvalue weighted by Crippen LogP contribution is -2.41. The van der Waals surface area contributed by atoms with Crippen LogP contribution in [0.4, 0.5) is 0 Å². The molecule has 0 amide bonds. The molecule has 160 valence electrons. The van der Waals surface area contributed by atoms with Gasteiger partial charge in [0.2, 0.25) is 10.0 Å². The van der Waals surface area contributed by atoms with Gasteiger partial charge >= 0.3 is 0 Å². The quantitative estimate of drug-likeness (QED) is 0.531. The average molecular weight is 445 g/mol. The van der Waals surface area contributed by atoms with Crippen LogP contribution in [0.5, 0.6) is 5.19 Å². The van der Waals surface area contributed by atoms with Crippen molar-refractivity contribution in [2.75, 3.05) is 13.1 Å². The summed E-state index contributed by atoms with van der Waals surface area (Å²) >= 11 is 1.57. The van der Waals surface area contributed by atoms with Crippen molar-refractivity contribution in [2.24, 2.45) is 0 Å². The predicted octanol–water partition coefficient (Wildman–Crippen LogP) is 5.10. The van der Waals surface area contributed by atoms with Gasteiger partial charge in [0.15, 0.2) is 0 Å². The molecule has 0 spiro atoms. The number of sulfonamides is 1. The van der Waals surface area contributed by atoms with E-state index in [2.05, 4.69) is 37.9 Å². The topological polar surface area (TPSA) is 59.5 Å². The first-order valence-electron chi connectivity index (χ1n) is 10.5. The Kier molecular flexibility index (Phi) is 6.14. The SMILES string of the molecule is CCCc1ccc(S(=O)(=O)N2CCC(Oc3nc4c(C)ccc(C)c4s3)CC2)cc1. The number of nitrogens with zero attached hydrogens (tertiary/aromatic N) is 2. The summed E-state index contributed by atoms with van der Waals surface area (Å²) in [5, 5.41) is 0.676. The highest BCUT2D eigenvalue weighted by molar-refractivity contribution is 7.89. The minimum atomic E-state index is -3.46. The molecular weight excluding hydrogens is 416 g/mol. The summed E-state index contributed by atoms with van der Waals surface area (Å²) in [7, 11) is -3.46. The van der Waals surface area contributed by atoms with Crippen LogP contribution >= 0.6 is 11.3 Å². The molecule has 0 aliphatic carbocycles. The van der Waals surface area contributed by atoms with E-state index in [1.54, 1.807) is 27.8 Å². The highest BCUT2D eigenvalue weighted by Gasteiger charge is 2.30. The van der Waals surface area contributed by atoms with Crippen LogP contribution in [-0.4, -0.2) is 36.9 Å². The van der Waals surface area contributed by atoms with Gasteiger partial charge < -0.3 is 4.74 Å². The third-order valence-corrected chi connectivity index (χ3v) is 8.69. The summed E-state index contributed by atoms with van der Waals surface area (Å²) in [6.07, 6.45) is 3.34. The second-order valence-corrected chi connectivity index (χ2v) is 10.9. The van der Waals surface area contributed by atoms with E-state index in [4.69, 9.17) is 4.74 Å². The molecule has 7 heteroatoms. The summed E-state index contributed by atoms with van der Waals surface area (Å²) in [6.45, 7) is 7.19. The van der Waals surface area contributed by atoms with Crippen LogP contribution in [-0.2, 0) is 16.4 Å². The smallest absolute Gasteiger partial charge is 0.274 e. The van der Waals surface area contributed by atoms with Crippen LogP contribution in [0.1, 0.15) is 42.9 Å². The monoisotopic (exact) mass is 444 g/mol. The number of piperidine rings is 1. The van der Waals surface area contributed by atoms with E-state index < -0.39 is 10.0 Å². The van der Waals surface area contributed by atoms with Crippen LogP contribution < -0.4 is 4.74 Å². The normalized spacial score (nSPS) is 16.2. The molecule has 1 aliphatic rings. The van der Waals surface area contributed by atoms with Crippen molar-refractivity contribution in [3.05, 3.63) is 53.1 Å². The molecule has 1 fully saturated rings. The molecule has 0 bridgehead atoms. The van der Waals surface area contributed by atoms with Gasteiger partial charge in [-0.2, -0.15) is 4.31 Å². The number of hydrogen-bond donors (Lipinski definition) is 0. The maximum Gasteiger partial charge on any atom is 0.274 e. The molecule has 4 rings (SSSR count). The Balaban J connectivity index is 1.41. The van der Waals surface area contributed by atoms with Crippen LogP contribution in [0.25, 0.3) is 10.2 Å². The number of ether oxygens (including phenoxy) is 1. The Labute approximate surface area is 182 Å². The number of benzene rings is 2. The first-order chi connectivity index (χ1) is 14.4. The molecule has 0 N–H and O–H groups in total. The second kappa shape index (κ2) is 8.65. The Morgan fingerprint density at radius 3 is 2.37 bits per heavy atom. The summed E-state index contributed by atoms with van der Waals surface area (Å²) in [5.41, 5.74) is 4.52. The molecular formula is C23H28N2O3S2. The zero-order valence-electron chi connectivity index (χ0n) is 17.7. The third kappa shape index (κ3) is 4.24. The van der Waals surface area contributed by atoms with Crippen molar-refractivity contribution in [1.29, 1.82) is 0 Å². The number of hydrogen-bond acceptors (Lipinski definition) is 5. The van der Waals surface area contributed by atoms with Crippen molar-refractivity contribution in [3.63, 3.8) is 0 Å². The summed E-state index contributed by atoms with van der Waals surface area (Å²) in [5.74, 6) is 0. The molecule has 0 atom stereocenters. The number of thiazole rings is 1. The summed E-state index contributed by atoms with van der Waals surface area (Å²) in [6, 6.07) is 11.5. The van der Waals surface area contributed by atoms with Crippen LogP contribution in [0.3, 0.4) is 0 Å². The Hall–Kier alpha value is -1.96. The van der Waals surface area contributed by atoms with Crippen molar-refractivity contribution < 1.29 is 13.2 Å². The van der Waals surface area contributed by atoms with Gasteiger partial charge in [0.1, 0.15) is 6.10 Å². The minimum Gasteiger partial charge on any atom is -0.467 e. The van der Waals surface area contributed by atoms with Gasteiger partial charge in [0, 0.05) is 13.1 Å². The summed E-state index contributed by atoms with van der Waals surface area (Å²) < 4.78 is 34.9. The maximum absolute atomic E-state index is 13.0. The number of fused-ring (bicyclic) bond motifs is 1. The van der Waals surface area contributed by atoms with E-state index in [-0.39, 0.29) is 6.10 Å². The summed E-state index contributed by atoms with van der Waals surface area (Å²) in [4.78, 5) is 5.04. The fraction of sp³-hybridized carbons (Fsp3) is 0.435. The van der Waals surface area contributed by atoms with E-state index in [0.717, 1.165) is 28.6 Å². The Bertz CT molecular complexity index is 1090. The Morgan fingerprint density at radius 2 is 1.73 bits per heavy atom. The molecule has 30 heavy (non-hydrogen) atoms. The fourth-order valence-electron chi connectivity index (χ4n) is 3.89. The molecule has 5 nitrogen and oxygen atoms in total. The lowest BCUT2D eigenvalue weighted by Gasteiger charge is -2.30. The molecule has 0 saturated carbocycles. The fourth-order valence-corrected chi connectivity index (χ4v) is 6.39. The zero-order chi connectivity index (χ0) is 21.3. The van der Waals surface area contributed by atoms with E-state index in [9.17, 15) is 8.42 Å². The van der Waals surface area contributed by atoms with Gasteiger partial charge in [-0.3, -0.25) is 0 Å². The molecule has 1 aliphatic heterocycles. The zero-order valence-corrected chi connectivity index (χ0v) is 19.4. The van der Waals surface area contributed by atoms with E-state index in [1.807, 2.05) is 12.1 Å². The lowest BCUT2D eigenvalue weighted by molar-refractivity contribution is 0.135. The molecule has 0 radical (unpaired) electrons. The van der Waals surface area contributed by atoms with Gasteiger partial charge in [-0.15, -0.1) is 0 Å². The van der Waals surface area contributed by atoms with Gasteiger partial charge in [-0.1, -0.05) is 48.9 Å². The van der Waals surface area contributed by atoms with Crippen molar-refractivity contribution >= 4 is 31.6 Å². The van der Waals surface area contributed by atoms with Crippen LogP contribution in [0.15, 0.2) is 41.3 Å². The number of rotatable bonds is 6. The largest absolute Gasteiger partial charge is 0.467 e. The molecule has 2 heterocycles. The number of aromatic nitrogens is 1. The van der Waals surface area contributed by atoms with Gasteiger partial charge in [0.05, 0.1) is 15.1 Å². The van der Waals surface area contributed by atoms with Crippen molar-refractivity contribution in [3.8, 4) is 5.19 Å². The Morgan fingerprint density at radius 1 is 1.07 bits per heavy atom. The average Bonchev–Trinajstić information content (AvgIpc) is 3.17. The van der Waals surface area contributed by atoms with Crippen molar-refractivity contribution in [1.82, 2.24) is 9.29 Å². The molecule has 3 aromatic rings. The van der Waals surface area contributed by atoms with E-state index in [0.29, 0.717) is 36.0 Å². The van der Waals surface area contributed by atoms with Crippen molar-refractivity contribution in [2.45, 2.75) is 57.5 Å². The van der Waals surface area contributed by atoms with Crippen LogP contribution in [0.2, 0.25) is 0 Å². The maximum atomic E-state index is 13.0. The van der Waals surface area contributed by atoms with E-state index in [1.165, 1.54) is 11.1 Å². The standard InChI is InChI=1S/C23H28N2O3S2/c1-4-5-18-8-10-20(11-9-18)30(26,27)25-14-12-19(13-15-25)28-23-24-21-16(2)6-7-17(3)22(21)29-23/h6-11,19H,4-5,12-15H2,1-3H3. The molecule has 1 saturated heterocycles. The highest BCUT2D eigenvalue weighted by atomic mass is 32.2. The second-order valence-electron chi connectivity index (χ2n) is 7.97. The molecule has 2 aromatic carbocycles. The van der Waals surface area contributed by atoms with Gasteiger partial charge in [-0.05, 0) is 61.9 Å². The van der Waals surface area contributed by atoms with Crippen LogP contribution in [0, 0.1) is 13.8 Å². The molecule has 0 unspecified atom stereocenters. The van der Waals surface area contributed by atoms with Gasteiger partial charge in [-0.25, -0.2) is 13.4 Å². The predicted molar refractivity (Wildman–Crippen MR) is 122 cm³/mol. The highest BCUT2D eigenvalue weighted by Crippen LogP contribution is 2.34.